The normalized spacial score (nSPS) is 11.3. The van der Waals surface area contributed by atoms with Gasteiger partial charge in [0.05, 0.1) is 0 Å². The average molecular weight is 547 g/mol. The second-order valence-corrected chi connectivity index (χ2v) is 22.7. The summed E-state index contributed by atoms with van der Waals surface area (Å²) in [6, 6.07) is 0. The Hall–Kier alpha value is 3.15. The lowest BCUT2D eigenvalue weighted by molar-refractivity contribution is 1.11. The van der Waals surface area contributed by atoms with Gasteiger partial charge in [-0.2, -0.15) is 0 Å². The summed E-state index contributed by atoms with van der Waals surface area (Å²) in [5.41, 5.74) is 0. The first-order valence-electron chi connectivity index (χ1n) is 9.34. The molecule has 0 N–H and O–H groups in total. The molecule has 0 aliphatic heterocycles. The molecule has 0 heterocycles. The Balaban J connectivity index is -0.000000322. The topological polar surface area (TPSA) is 0 Å². The third kappa shape index (κ3) is 48.0. The van der Waals surface area contributed by atoms with Gasteiger partial charge in [-0.3, -0.25) is 0 Å². The molecular formula is C18H42S9. The highest BCUT2D eigenvalue weighted by atomic mass is 33.7. The van der Waals surface area contributed by atoms with Crippen molar-refractivity contribution < 1.29 is 0 Å². The van der Waals surface area contributed by atoms with Crippen LogP contribution in [0.15, 0.2) is 0 Å². The van der Waals surface area contributed by atoms with E-state index in [4.69, 9.17) is 0 Å². The zero-order chi connectivity index (χ0) is 21.8. The van der Waals surface area contributed by atoms with Crippen molar-refractivity contribution in [1.29, 1.82) is 0 Å². The summed E-state index contributed by atoms with van der Waals surface area (Å²) in [6.45, 7) is 26.7. The van der Waals surface area contributed by atoms with Crippen molar-refractivity contribution in [3.8, 4) is 0 Å². The highest BCUT2D eigenvalue weighted by Gasteiger charge is 1.99. The second-order valence-electron chi connectivity index (χ2n) is 7.07. The summed E-state index contributed by atoms with van der Waals surface area (Å²) >= 11 is 0. The molecule has 0 atom stereocenters. The van der Waals surface area contributed by atoms with Crippen LogP contribution in [-0.4, -0.2) is 31.5 Å². The van der Waals surface area contributed by atoms with Crippen LogP contribution in [0.1, 0.15) is 83.1 Å². The van der Waals surface area contributed by atoms with Crippen molar-refractivity contribution in [2.24, 2.45) is 0 Å². The zero-order valence-electron chi connectivity index (χ0n) is 19.1. The van der Waals surface area contributed by atoms with E-state index < -0.39 is 0 Å². The van der Waals surface area contributed by atoms with Crippen molar-refractivity contribution >= 4 is 94.2 Å². The third-order valence-electron chi connectivity index (χ3n) is 1.40. The Morgan fingerprint density at radius 3 is 0.630 bits per heavy atom. The van der Waals surface area contributed by atoms with Gasteiger partial charge >= 0.3 is 0 Å². The van der Waals surface area contributed by atoms with Crippen molar-refractivity contribution in [2.75, 3.05) is 0 Å². The Bertz CT molecular complexity index is 244. The summed E-state index contributed by atoms with van der Waals surface area (Å²) in [6.07, 6.45) is 0. The Kier molecular flexibility index (Phi) is 32.7. The summed E-state index contributed by atoms with van der Waals surface area (Å²) in [5, 5.41) is 4.52. The molecule has 0 fully saturated rings. The van der Waals surface area contributed by atoms with Gasteiger partial charge in [0, 0.05) is 31.5 Å². The van der Waals surface area contributed by atoms with E-state index in [1.165, 1.54) is 0 Å². The van der Waals surface area contributed by atoms with E-state index in [1.54, 1.807) is 0 Å². The lowest BCUT2D eigenvalue weighted by Gasteiger charge is -2.04. The van der Waals surface area contributed by atoms with Crippen LogP contribution in [0.2, 0.25) is 0 Å². The molecule has 0 aromatic heterocycles. The van der Waals surface area contributed by atoms with Crippen LogP contribution in [0.4, 0.5) is 0 Å². The lowest BCUT2D eigenvalue weighted by atomic mass is 10.6. The van der Waals surface area contributed by atoms with E-state index >= 15 is 0 Å². The van der Waals surface area contributed by atoms with Crippen molar-refractivity contribution in [2.45, 2.75) is 115 Å². The first-order valence-corrected chi connectivity index (χ1v) is 20.2. The molecule has 0 aliphatic rings. The van der Waals surface area contributed by atoms with E-state index in [9.17, 15) is 0 Å². The maximum atomic E-state index is 2.22. The minimum absolute atomic E-state index is 0.741. The minimum Gasteiger partial charge on any atom is -0.0910 e. The molecule has 0 radical (unpaired) electrons. The van der Waals surface area contributed by atoms with Gasteiger partial charge in [-0.25, -0.2) is 0 Å². The molecule has 0 saturated heterocycles. The van der Waals surface area contributed by atoms with E-state index in [1.807, 2.05) is 94.2 Å². The maximum Gasteiger partial charge on any atom is 0.0103 e. The van der Waals surface area contributed by atoms with Gasteiger partial charge < -0.3 is 0 Å². The van der Waals surface area contributed by atoms with E-state index in [0.29, 0.717) is 0 Å². The lowest BCUT2D eigenvalue weighted by Crippen LogP contribution is -1.86. The quantitative estimate of drug-likeness (QED) is 0.171. The van der Waals surface area contributed by atoms with Crippen molar-refractivity contribution in [1.82, 2.24) is 0 Å². The van der Waals surface area contributed by atoms with E-state index in [0.717, 1.165) is 31.5 Å². The minimum atomic E-state index is 0.741. The number of hydrogen-bond acceptors (Lipinski definition) is 9. The molecule has 0 saturated carbocycles. The SMILES string of the molecule is CC(C)SSC(C)C.CC(C)SSSC(C)C.CC(C)SSSSC(C)C. The molecule has 0 unspecified atom stereocenters. The fourth-order valence-electron chi connectivity index (χ4n) is 0.591. The van der Waals surface area contributed by atoms with Crippen LogP contribution >= 0.6 is 94.2 Å². The third-order valence-corrected chi connectivity index (χ3v) is 17.4. The highest BCUT2D eigenvalue weighted by Crippen LogP contribution is 2.46. The fraction of sp³-hybridized carbons (Fsp3) is 1.00. The standard InChI is InChI=1S/C6H14S4.C6H14S3.C6H14S2/c1-5(2)7-9-10-8-6(3)4;1-5(2)7-9-8-6(3)4;1-5(2)7-8-6(3)4/h5-6H,1-4H3;5-6H,1-4H3;5-6H,1-4H3. The first kappa shape index (κ1) is 34.8. The van der Waals surface area contributed by atoms with Crippen LogP contribution in [-0.2, 0) is 0 Å². The first-order chi connectivity index (χ1) is 12.4. The fourth-order valence-corrected chi connectivity index (χ4v) is 13.7. The maximum absolute atomic E-state index is 2.22. The predicted molar refractivity (Wildman–Crippen MR) is 159 cm³/mol. The van der Waals surface area contributed by atoms with E-state index in [-0.39, 0.29) is 0 Å². The van der Waals surface area contributed by atoms with Crippen LogP contribution in [0, 0.1) is 0 Å². The number of hydrogen-bond donors (Lipinski definition) is 0. The van der Waals surface area contributed by atoms with Crippen molar-refractivity contribution in [3.63, 3.8) is 0 Å². The van der Waals surface area contributed by atoms with Gasteiger partial charge in [-0.1, -0.05) is 148 Å². The molecule has 27 heavy (non-hydrogen) atoms. The van der Waals surface area contributed by atoms with Gasteiger partial charge in [0.25, 0.3) is 0 Å². The molecule has 0 bridgehead atoms. The largest absolute Gasteiger partial charge is 0.0910 e. The summed E-state index contributed by atoms with van der Waals surface area (Å²) in [5.74, 6) is 0. The molecule has 0 aromatic rings. The summed E-state index contributed by atoms with van der Waals surface area (Å²) < 4.78 is 0. The van der Waals surface area contributed by atoms with Gasteiger partial charge in [0.15, 0.2) is 0 Å². The molecule has 0 spiro atoms. The molecular weight excluding hydrogens is 505 g/mol. The van der Waals surface area contributed by atoms with Crippen LogP contribution < -0.4 is 0 Å². The van der Waals surface area contributed by atoms with Gasteiger partial charge in [-0.05, 0) is 29.5 Å². The molecule has 0 aliphatic carbocycles. The van der Waals surface area contributed by atoms with Crippen LogP contribution in [0.5, 0.6) is 0 Å². The Morgan fingerprint density at radius 2 is 0.444 bits per heavy atom. The Labute approximate surface area is 206 Å². The highest BCUT2D eigenvalue weighted by molar-refractivity contribution is 9.26. The molecule has 0 rings (SSSR count). The summed E-state index contributed by atoms with van der Waals surface area (Å²) in [4.78, 5) is 0. The zero-order valence-corrected chi connectivity index (χ0v) is 26.5. The molecule has 0 nitrogen and oxygen atoms in total. The van der Waals surface area contributed by atoms with E-state index in [2.05, 4.69) is 83.1 Å². The van der Waals surface area contributed by atoms with Gasteiger partial charge in [0.2, 0.25) is 0 Å². The summed E-state index contributed by atoms with van der Waals surface area (Å²) in [7, 11) is 17.3. The monoisotopic (exact) mass is 546 g/mol. The van der Waals surface area contributed by atoms with Gasteiger partial charge in [0.1, 0.15) is 0 Å². The second kappa shape index (κ2) is 25.4. The van der Waals surface area contributed by atoms with Crippen molar-refractivity contribution in [3.05, 3.63) is 0 Å². The van der Waals surface area contributed by atoms with Gasteiger partial charge in [-0.15, -0.1) is 0 Å². The Morgan fingerprint density at radius 1 is 0.259 bits per heavy atom. The molecule has 9 heteroatoms. The molecule has 168 valence electrons. The smallest absolute Gasteiger partial charge is 0.0103 e. The molecule has 0 aromatic carbocycles. The average Bonchev–Trinajstić information content (AvgIpc) is 2.50. The molecule has 0 amide bonds. The predicted octanol–water partition coefficient (Wildman–Crippen LogP) is 11.5. The van der Waals surface area contributed by atoms with Crippen LogP contribution in [0.25, 0.3) is 0 Å². The van der Waals surface area contributed by atoms with Crippen LogP contribution in [0.3, 0.4) is 0 Å². The number of rotatable bonds is 12.